The third kappa shape index (κ3) is 3.96. The first kappa shape index (κ1) is 18.0. The molecule has 1 fully saturated rings. The van der Waals surface area contributed by atoms with Crippen LogP contribution in [0.1, 0.15) is 0 Å². The molecule has 1 rings (SSSR count). The van der Waals surface area contributed by atoms with Crippen molar-refractivity contribution in [1.29, 1.82) is 0 Å². The molecule has 21 heavy (non-hydrogen) atoms. The molecule has 1 heterocycles. The molecule has 0 aromatic heterocycles. The summed E-state index contributed by atoms with van der Waals surface area (Å²) in [4.78, 5) is 12.6. The van der Waals surface area contributed by atoms with Crippen LogP contribution in [0.25, 0.3) is 0 Å². The number of alkyl halides is 7. The van der Waals surface area contributed by atoms with E-state index < -0.39 is 30.5 Å². The van der Waals surface area contributed by atoms with Crippen molar-refractivity contribution in [3.63, 3.8) is 0 Å². The maximum atomic E-state index is 12.9. The van der Waals surface area contributed by atoms with Crippen LogP contribution < -0.4 is 5.32 Å². The van der Waals surface area contributed by atoms with Crippen molar-refractivity contribution in [2.75, 3.05) is 39.4 Å². The van der Waals surface area contributed by atoms with E-state index in [1.54, 1.807) is 4.90 Å². The van der Waals surface area contributed by atoms with Gasteiger partial charge in [-0.25, -0.2) is 0 Å². The number of rotatable bonds is 5. The molecule has 0 aromatic rings. The molecule has 0 unspecified atom stereocenters. The van der Waals surface area contributed by atoms with Crippen LogP contribution >= 0.6 is 0 Å². The first-order valence-electron chi connectivity index (χ1n) is 5.91. The first-order valence-corrected chi connectivity index (χ1v) is 5.91. The van der Waals surface area contributed by atoms with Crippen LogP contribution in [-0.4, -0.2) is 68.2 Å². The quantitative estimate of drug-likeness (QED) is 0.774. The summed E-state index contributed by atoms with van der Waals surface area (Å²) in [6, 6.07) is 0. The van der Waals surface area contributed by atoms with Gasteiger partial charge in [0.05, 0.1) is 13.2 Å². The molecule has 1 saturated heterocycles. The molecular formula is C10H13F7N2O2. The van der Waals surface area contributed by atoms with E-state index in [4.69, 9.17) is 4.74 Å². The van der Waals surface area contributed by atoms with E-state index in [1.807, 2.05) is 0 Å². The first-order chi connectivity index (χ1) is 9.50. The van der Waals surface area contributed by atoms with Gasteiger partial charge >= 0.3 is 18.0 Å². The number of morpholine rings is 1. The molecule has 1 amide bonds. The summed E-state index contributed by atoms with van der Waals surface area (Å²) < 4.78 is 91.6. The summed E-state index contributed by atoms with van der Waals surface area (Å²) in [6.45, 7) is 1.24. The smallest absolute Gasteiger partial charge is 0.379 e. The van der Waals surface area contributed by atoms with Crippen molar-refractivity contribution in [3.05, 3.63) is 0 Å². The van der Waals surface area contributed by atoms with Crippen molar-refractivity contribution in [3.8, 4) is 0 Å². The SMILES string of the molecule is O=C(NCCN1CCOCC1)C(F)(F)C(F)(F)C(F)(F)F. The Hall–Kier alpha value is -1.10. The Labute approximate surface area is 115 Å². The highest BCUT2D eigenvalue weighted by Crippen LogP contribution is 2.46. The Kier molecular flexibility index (Phi) is 5.42. The molecular weight excluding hydrogens is 313 g/mol. The zero-order valence-electron chi connectivity index (χ0n) is 10.7. The molecule has 0 aliphatic carbocycles. The maximum absolute atomic E-state index is 12.9. The van der Waals surface area contributed by atoms with E-state index in [-0.39, 0.29) is 6.54 Å². The van der Waals surface area contributed by atoms with Crippen molar-refractivity contribution in [1.82, 2.24) is 10.2 Å². The molecule has 0 spiro atoms. The molecule has 0 atom stereocenters. The van der Waals surface area contributed by atoms with Gasteiger partial charge < -0.3 is 10.1 Å². The van der Waals surface area contributed by atoms with Crippen LogP contribution in [0, 0.1) is 0 Å². The lowest BCUT2D eigenvalue weighted by Gasteiger charge is -2.28. The normalized spacial score (nSPS) is 18.6. The van der Waals surface area contributed by atoms with Gasteiger partial charge in [0.2, 0.25) is 0 Å². The topological polar surface area (TPSA) is 41.6 Å². The van der Waals surface area contributed by atoms with Gasteiger partial charge in [-0.15, -0.1) is 0 Å². The summed E-state index contributed by atoms with van der Waals surface area (Å²) >= 11 is 0. The predicted octanol–water partition coefficient (Wildman–Crippen LogP) is 1.27. The molecule has 0 bridgehead atoms. The highest BCUT2D eigenvalue weighted by molar-refractivity contribution is 5.84. The van der Waals surface area contributed by atoms with Crippen molar-refractivity contribution >= 4 is 5.91 Å². The number of halogens is 7. The van der Waals surface area contributed by atoms with Crippen LogP contribution in [0.15, 0.2) is 0 Å². The Morgan fingerprint density at radius 3 is 2.05 bits per heavy atom. The van der Waals surface area contributed by atoms with Gasteiger partial charge in [-0.1, -0.05) is 0 Å². The minimum atomic E-state index is -6.52. The fraction of sp³-hybridized carbons (Fsp3) is 0.900. The Balaban J connectivity index is 2.53. The second-order valence-corrected chi connectivity index (χ2v) is 4.36. The molecule has 0 radical (unpaired) electrons. The molecule has 1 aliphatic heterocycles. The highest BCUT2D eigenvalue weighted by atomic mass is 19.4. The van der Waals surface area contributed by atoms with Gasteiger partial charge in [-0.3, -0.25) is 9.69 Å². The van der Waals surface area contributed by atoms with Crippen LogP contribution in [0.3, 0.4) is 0 Å². The largest absolute Gasteiger partial charge is 0.460 e. The summed E-state index contributed by atoms with van der Waals surface area (Å²) in [7, 11) is 0. The minimum Gasteiger partial charge on any atom is -0.379 e. The summed E-state index contributed by atoms with van der Waals surface area (Å²) in [5, 5.41) is 1.40. The Morgan fingerprint density at radius 1 is 1.05 bits per heavy atom. The molecule has 11 heteroatoms. The number of hydrogen-bond acceptors (Lipinski definition) is 3. The van der Waals surface area contributed by atoms with Crippen molar-refractivity contribution < 1.29 is 40.3 Å². The fourth-order valence-corrected chi connectivity index (χ4v) is 1.58. The minimum absolute atomic E-state index is 0.0444. The number of carbonyl (C=O) groups excluding carboxylic acids is 1. The lowest BCUT2D eigenvalue weighted by atomic mass is 10.1. The standard InChI is InChI=1S/C10H13F7N2O2/c11-8(12,9(13,14)10(15,16)17)7(20)18-1-2-19-3-5-21-6-4-19/h1-6H2,(H,18,20). The average molecular weight is 326 g/mol. The number of ether oxygens (including phenoxy) is 1. The number of carbonyl (C=O) groups is 1. The number of nitrogens with zero attached hydrogens (tertiary/aromatic N) is 1. The van der Waals surface area contributed by atoms with Gasteiger partial charge in [0.25, 0.3) is 5.91 Å². The van der Waals surface area contributed by atoms with Crippen molar-refractivity contribution in [2.24, 2.45) is 0 Å². The second kappa shape index (κ2) is 6.34. The zero-order valence-corrected chi connectivity index (χ0v) is 10.7. The van der Waals surface area contributed by atoms with Crippen LogP contribution in [0.2, 0.25) is 0 Å². The molecule has 124 valence electrons. The molecule has 1 N–H and O–H groups in total. The average Bonchev–Trinajstić information content (AvgIpc) is 2.38. The van der Waals surface area contributed by atoms with Gasteiger partial charge in [0.15, 0.2) is 0 Å². The lowest BCUT2D eigenvalue weighted by Crippen LogP contribution is -2.59. The molecule has 0 saturated carbocycles. The van der Waals surface area contributed by atoms with Gasteiger partial charge in [0.1, 0.15) is 0 Å². The van der Waals surface area contributed by atoms with Gasteiger partial charge in [-0.05, 0) is 0 Å². The number of hydrogen-bond donors (Lipinski definition) is 1. The molecule has 4 nitrogen and oxygen atoms in total. The van der Waals surface area contributed by atoms with E-state index in [9.17, 15) is 35.5 Å². The highest BCUT2D eigenvalue weighted by Gasteiger charge is 2.76. The van der Waals surface area contributed by atoms with E-state index >= 15 is 0 Å². The summed E-state index contributed by atoms with van der Waals surface area (Å²) in [6.07, 6.45) is -6.52. The third-order valence-electron chi connectivity index (χ3n) is 2.85. The number of nitrogens with one attached hydrogen (secondary N) is 1. The van der Waals surface area contributed by atoms with E-state index in [2.05, 4.69) is 0 Å². The predicted molar refractivity (Wildman–Crippen MR) is 56.2 cm³/mol. The van der Waals surface area contributed by atoms with Gasteiger partial charge in [0, 0.05) is 26.2 Å². The Bertz CT molecular complexity index is 367. The fourth-order valence-electron chi connectivity index (χ4n) is 1.58. The summed E-state index contributed by atoms with van der Waals surface area (Å²) in [5.41, 5.74) is 0. The Morgan fingerprint density at radius 2 is 1.57 bits per heavy atom. The second-order valence-electron chi connectivity index (χ2n) is 4.36. The van der Waals surface area contributed by atoms with E-state index in [0.717, 1.165) is 0 Å². The van der Waals surface area contributed by atoms with Crippen LogP contribution in [0.4, 0.5) is 30.7 Å². The third-order valence-corrected chi connectivity index (χ3v) is 2.85. The zero-order chi connectivity index (χ0) is 16.3. The summed E-state index contributed by atoms with van der Waals surface area (Å²) in [5.74, 6) is -14.9. The van der Waals surface area contributed by atoms with E-state index in [0.29, 0.717) is 26.3 Å². The molecule has 0 aromatic carbocycles. The number of amides is 1. The van der Waals surface area contributed by atoms with Crippen LogP contribution in [-0.2, 0) is 9.53 Å². The monoisotopic (exact) mass is 326 g/mol. The lowest BCUT2D eigenvalue weighted by molar-refractivity contribution is -0.344. The van der Waals surface area contributed by atoms with Crippen LogP contribution in [0.5, 0.6) is 0 Å². The van der Waals surface area contributed by atoms with Crippen molar-refractivity contribution in [2.45, 2.75) is 18.0 Å². The van der Waals surface area contributed by atoms with Gasteiger partial charge in [-0.2, -0.15) is 30.7 Å². The molecule has 1 aliphatic rings. The van der Waals surface area contributed by atoms with E-state index in [1.165, 1.54) is 5.32 Å². The maximum Gasteiger partial charge on any atom is 0.460 e.